The SMILES string of the molecule is CC(C)S(=O)(=O)Cc1ccc(C(=O)Cc2ccc3c(c2)C(=O)N(C)C3=O)cc1. The molecule has 0 saturated heterocycles. The second kappa shape index (κ2) is 7.31. The number of ketones is 1. The number of fused-ring (bicyclic) bond motifs is 1. The topological polar surface area (TPSA) is 88.6 Å². The third-order valence-corrected chi connectivity index (χ3v) is 7.05. The molecule has 0 radical (unpaired) electrons. The summed E-state index contributed by atoms with van der Waals surface area (Å²) in [4.78, 5) is 37.6. The van der Waals surface area contributed by atoms with Crippen LogP contribution in [0.4, 0.5) is 0 Å². The first kappa shape index (κ1) is 19.9. The summed E-state index contributed by atoms with van der Waals surface area (Å²) >= 11 is 0. The summed E-state index contributed by atoms with van der Waals surface area (Å²) in [6, 6.07) is 11.3. The van der Waals surface area contributed by atoms with E-state index in [2.05, 4.69) is 0 Å². The first-order valence-corrected chi connectivity index (χ1v) is 10.6. The minimum atomic E-state index is -3.20. The molecule has 146 valence electrons. The summed E-state index contributed by atoms with van der Waals surface area (Å²) in [5.74, 6) is -0.925. The van der Waals surface area contributed by atoms with E-state index in [4.69, 9.17) is 0 Å². The van der Waals surface area contributed by atoms with Gasteiger partial charge in [0.1, 0.15) is 0 Å². The zero-order valence-electron chi connectivity index (χ0n) is 15.9. The van der Waals surface area contributed by atoms with E-state index < -0.39 is 15.1 Å². The van der Waals surface area contributed by atoms with Gasteiger partial charge in [0, 0.05) is 19.0 Å². The molecule has 1 aliphatic heterocycles. The second-order valence-electron chi connectivity index (χ2n) is 7.20. The predicted octanol–water partition coefficient (Wildman–Crippen LogP) is 2.66. The molecular formula is C21H21NO5S. The van der Waals surface area contributed by atoms with Crippen LogP contribution >= 0.6 is 0 Å². The van der Waals surface area contributed by atoms with Crippen LogP contribution in [0.5, 0.6) is 0 Å². The number of imide groups is 1. The molecule has 2 aromatic carbocycles. The van der Waals surface area contributed by atoms with Gasteiger partial charge in [0.2, 0.25) is 0 Å². The highest BCUT2D eigenvalue weighted by Gasteiger charge is 2.32. The molecule has 0 spiro atoms. The molecule has 0 atom stereocenters. The fourth-order valence-corrected chi connectivity index (χ4v) is 3.98. The zero-order chi connectivity index (χ0) is 20.6. The number of nitrogens with zero attached hydrogens (tertiary/aromatic N) is 1. The van der Waals surface area contributed by atoms with Gasteiger partial charge in [-0.2, -0.15) is 0 Å². The molecule has 0 bridgehead atoms. The minimum absolute atomic E-state index is 0.0619. The Hall–Kier alpha value is -2.80. The fourth-order valence-electron chi connectivity index (χ4n) is 2.99. The van der Waals surface area contributed by atoms with E-state index in [9.17, 15) is 22.8 Å². The Morgan fingerprint density at radius 2 is 1.50 bits per heavy atom. The molecule has 28 heavy (non-hydrogen) atoms. The van der Waals surface area contributed by atoms with Crippen molar-refractivity contribution < 1.29 is 22.8 Å². The summed E-state index contributed by atoms with van der Waals surface area (Å²) in [5, 5.41) is -0.456. The van der Waals surface area contributed by atoms with Crippen LogP contribution in [0.25, 0.3) is 0 Å². The van der Waals surface area contributed by atoms with Crippen LogP contribution in [-0.4, -0.2) is 43.2 Å². The lowest BCUT2D eigenvalue weighted by atomic mass is 9.99. The molecule has 0 unspecified atom stereocenters. The van der Waals surface area contributed by atoms with Gasteiger partial charge < -0.3 is 0 Å². The number of hydrogen-bond donors (Lipinski definition) is 0. The molecule has 6 nitrogen and oxygen atoms in total. The normalized spacial score (nSPS) is 13.9. The van der Waals surface area contributed by atoms with Gasteiger partial charge in [-0.25, -0.2) is 8.42 Å². The van der Waals surface area contributed by atoms with Crippen molar-refractivity contribution >= 4 is 27.4 Å². The van der Waals surface area contributed by atoms with E-state index >= 15 is 0 Å². The van der Waals surface area contributed by atoms with Crippen LogP contribution in [0.1, 0.15) is 56.0 Å². The monoisotopic (exact) mass is 399 g/mol. The van der Waals surface area contributed by atoms with Gasteiger partial charge in [-0.05, 0) is 37.1 Å². The molecule has 0 N–H and O–H groups in total. The van der Waals surface area contributed by atoms with Gasteiger partial charge in [-0.1, -0.05) is 30.3 Å². The fraction of sp³-hybridized carbons (Fsp3) is 0.286. The maximum Gasteiger partial charge on any atom is 0.261 e. The number of hydrogen-bond acceptors (Lipinski definition) is 5. The average Bonchev–Trinajstić information content (AvgIpc) is 2.86. The molecule has 2 amide bonds. The van der Waals surface area contributed by atoms with Crippen molar-refractivity contribution in [2.24, 2.45) is 0 Å². The Balaban J connectivity index is 1.74. The molecule has 2 aromatic rings. The Bertz CT molecular complexity index is 1070. The van der Waals surface area contributed by atoms with E-state index in [1.54, 1.807) is 56.3 Å². The van der Waals surface area contributed by atoms with Crippen LogP contribution in [0, 0.1) is 0 Å². The molecule has 0 aliphatic carbocycles. The number of sulfone groups is 1. The van der Waals surface area contributed by atoms with Gasteiger partial charge in [-0.3, -0.25) is 19.3 Å². The number of benzene rings is 2. The molecular weight excluding hydrogens is 378 g/mol. The van der Waals surface area contributed by atoms with Crippen molar-refractivity contribution in [2.75, 3.05) is 7.05 Å². The lowest BCUT2D eigenvalue weighted by molar-refractivity contribution is 0.0692. The van der Waals surface area contributed by atoms with Crippen molar-refractivity contribution in [2.45, 2.75) is 31.3 Å². The highest BCUT2D eigenvalue weighted by Crippen LogP contribution is 2.23. The predicted molar refractivity (Wildman–Crippen MR) is 105 cm³/mol. The second-order valence-corrected chi connectivity index (χ2v) is 9.76. The summed E-state index contributed by atoms with van der Waals surface area (Å²) in [5.41, 5.74) is 2.40. The summed E-state index contributed by atoms with van der Waals surface area (Å²) < 4.78 is 24.0. The summed E-state index contributed by atoms with van der Waals surface area (Å²) in [7, 11) is -1.77. The quantitative estimate of drug-likeness (QED) is 0.550. The van der Waals surface area contributed by atoms with Gasteiger partial charge in [0.15, 0.2) is 15.6 Å². The third-order valence-electron chi connectivity index (χ3n) is 4.88. The van der Waals surface area contributed by atoms with E-state index in [0.717, 1.165) is 4.90 Å². The van der Waals surface area contributed by atoms with E-state index in [0.29, 0.717) is 27.8 Å². The molecule has 0 fully saturated rings. The number of carbonyl (C=O) groups is 3. The maximum absolute atomic E-state index is 12.5. The van der Waals surface area contributed by atoms with Crippen molar-refractivity contribution in [1.29, 1.82) is 0 Å². The van der Waals surface area contributed by atoms with Crippen molar-refractivity contribution in [3.63, 3.8) is 0 Å². The number of Topliss-reactive ketones (excluding diaryl/α,β-unsaturated/α-hetero) is 1. The van der Waals surface area contributed by atoms with Crippen LogP contribution in [0.15, 0.2) is 42.5 Å². The van der Waals surface area contributed by atoms with Crippen LogP contribution < -0.4 is 0 Å². The molecule has 0 aromatic heterocycles. The Morgan fingerprint density at radius 1 is 0.929 bits per heavy atom. The standard InChI is InChI=1S/C21H21NO5S/c1-13(2)28(26,27)12-14-4-7-16(8-5-14)19(23)11-15-6-9-17-18(10-15)21(25)22(3)20(17)24/h4-10,13H,11-12H2,1-3H3. The molecule has 1 heterocycles. The van der Waals surface area contributed by atoms with E-state index in [1.807, 2.05) is 0 Å². The molecule has 1 aliphatic rings. The smallest absolute Gasteiger partial charge is 0.261 e. The van der Waals surface area contributed by atoms with Gasteiger partial charge in [0.05, 0.1) is 22.1 Å². The van der Waals surface area contributed by atoms with Crippen molar-refractivity contribution in [1.82, 2.24) is 4.90 Å². The maximum atomic E-state index is 12.5. The lowest BCUT2D eigenvalue weighted by Crippen LogP contribution is -2.24. The summed E-state index contributed by atoms with van der Waals surface area (Å²) in [6.45, 7) is 3.28. The van der Waals surface area contributed by atoms with Gasteiger partial charge in [0.25, 0.3) is 11.8 Å². The first-order valence-electron chi connectivity index (χ1n) is 8.89. The molecule has 0 saturated carbocycles. The Labute approximate surface area is 164 Å². The largest absolute Gasteiger partial charge is 0.294 e. The number of carbonyl (C=O) groups excluding carboxylic acids is 3. The molecule has 7 heteroatoms. The first-order chi connectivity index (χ1) is 13.1. The minimum Gasteiger partial charge on any atom is -0.294 e. The summed E-state index contributed by atoms with van der Waals surface area (Å²) in [6.07, 6.45) is 0.0854. The van der Waals surface area contributed by atoms with E-state index in [1.165, 1.54) is 7.05 Å². The number of rotatable bonds is 6. The zero-order valence-corrected chi connectivity index (χ0v) is 16.7. The van der Waals surface area contributed by atoms with Crippen molar-refractivity contribution in [3.8, 4) is 0 Å². The highest BCUT2D eigenvalue weighted by atomic mass is 32.2. The van der Waals surface area contributed by atoms with Gasteiger partial charge >= 0.3 is 0 Å². The van der Waals surface area contributed by atoms with Crippen molar-refractivity contribution in [3.05, 3.63) is 70.3 Å². The van der Waals surface area contributed by atoms with Crippen LogP contribution in [0.3, 0.4) is 0 Å². The number of amides is 2. The Kier molecular flexibility index (Phi) is 5.21. The van der Waals surface area contributed by atoms with E-state index in [-0.39, 0.29) is 29.8 Å². The molecule has 3 rings (SSSR count). The van der Waals surface area contributed by atoms with Gasteiger partial charge in [-0.15, -0.1) is 0 Å². The third kappa shape index (κ3) is 3.75. The average molecular weight is 399 g/mol. The van der Waals surface area contributed by atoms with Crippen LogP contribution in [-0.2, 0) is 22.0 Å². The highest BCUT2D eigenvalue weighted by molar-refractivity contribution is 7.91. The van der Waals surface area contributed by atoms with Crippen LogP contribution in [0.2, 0.25) is 0 Å². The lowest BCUT2D eigenvalue weighted by Gasteiger charge is -2.08. The Morgan fingerprint density at radius 3 is 2.11 bits per heavy atom.